The quantitative estimate of drug-likeness (QED) is 0.871. The Bertz CT molecular complexity index is 434. The Morgan fingerprint density at radius 1 is 1.39 bits per heavy atom. The minimum atomic E-state index is -0.326. The summed E-state index contributed by atoms with van der Waals surface area (Å²) in [6.07, 6.45) is 0.973. The predicted molar refractivity (Wildman–Crippen MR) is 71.6 cm³/mol. The van der Waals surface area contributed by atoms with Crippen LogP contribution in [0.3, 0.4) is 0 Å². The van der Waals surface area contributed by atoms with Gasteiger partial charge in [0.1, 0.15) is 5.75 Å². The molecule has 2 rings (SSSR count). The van der Waals surface area contributed by atoms with E-state index in [1.807, 2.05) is 39.0 Å². The number of hydrogen-bond donors (Lipinski definition) is 1. The predicted octanol–water partition coefficient (Wildman–Crippen LogP) is 2.40. The summed E-state index contributed by atoms with van der Waals surface area (Å²) in [4.78, 5) is 11.8. The SMILES string of the molecule is CC(C)(C)C(=O)NCC1COc2ccccc2C1. The lowest BCUT2D eigenvalue weighted by Gasteiger charge is -2.26. The zero-order valence-corrected chi connectivity index (χ0v) is 11.3. The van der Waals surface area contributed by atoms with Gasteiger partial charge in [-0.15, -0.1) is 0 Å². The molecule has 1 aliphatic rings. The summed E-state index contributed by atoms with van der Waals surface area (Å²) < 4.78 is 5.70. The minimum absolute atomic E-state index is 0.0985. The molecule has 3 heteroatoms. The Morgan fingerprint density at radius 3 is 2.83 bits per heavy atom. The topological polar surface area (TPSA) is 38.3 Å². The van der Waals surface area contributed by atoms with E-state index in [-0.39, 0.29) is 11.3 Å². The van der Waals surface area contributed by atoms with Crippen molar-refractivity contribution >= 4 is 5.91 Å². The Balaban J connectivity index is 1.89. The summed E-state index contributed by atoms with van der Waals surface area (Å²) >= 11 is 0. The number of fused-ring (bicyclic) bond motifs is 1. The number of rotatable bonds is 2. The molecule has 0 aliphatic carbocycles. The number of ether oxygens (including phenoxy) is 1. The van der Waals surface area contributed by atoms with Gasteiger partial charge in [0, 0.05) is 17.9 Å². The number of hydrogen-bond acceptors (Lipinski definition) is 2. The third kappa shape index (κ3) is 3.03. The molecule has 0 saturated heterocycles. The van der Waals surface area contributed by atoms with Crippen LogP contribution in [0.4, 0.5) is 0 Å². The number of carbonyl (C=O) groups excluding carboxylic acids is 1. The van der Waals surface area contributed by atoms with E-state index in [0.717, 1.165) is 12.2 Å². The van der Waals surface area contributed by atoms with Gasteiger partial charge in [0.2, 0.25) is 5.91 Å². The lowest BCUT2D eigenvalue weighted by atomic mass is 9.94. The van der Waals surface area contributed by atoms with Crippen molar-refractivity contribution in [2.75, 3.05) is 13.2 Å². The molecule has 0 bridgehead atoms. The second kappa shape index (κ2) is 5.01. The fourth-order valence-corrected chi connectivity index (χ4v) is 2.02. The Hall–Kier alpha value is -1.51. The molecular formula is C15H21NO2. The van der Waals surface area contributed by atoms with E-state index in [0.29, 0.717) is 19.1 Å². The fraction of sp³-hybridized carbons (Fsp3) is 0.533. The lowest BCUT2D eigenvalue weighted by molar-refractivity contribution is -0.128. The van der Waals surface area contributed by atoms with Crippen LogP contribution in [0.1, 0.15) is 26.3 Å². The summed E-state index contributed by atoms with van der Waals surface area (Å²) in [5, 5.41) is 3.00. The molecule has 0 saturated carbocycles. The Kier molecular flexibility index (Phi) is 3.60. The Morgan fingerprint density at radius 2 is 2.11 bits per heavy atom. The van der Waals surface area contributed by atoms with E-state index in [4.69, 9.17) is 4.74 Å². The third-order valence-corrected chi connectivity index (χ3v) is 3.19. The maximum absolute atomic E-state index is 11.8. The molecule has 1 aliphatic heterocycles. The largest absolute Gasteiger partial charge is 0.493 e. The van der Waals surface area contributed by atoms with Crippen molar-refractivity contribution in [3.05, 3.63) is 29.8 Å². The van der Waals surface area contributed by atoms with E-state index in [1.165, 1.54) is 5.56 Å². The van der Waals surface area contributed by atoms with Gasteiger partial charge in [-0.25, -0.2) is 0 Å². The summed E-state index contributed by atoms with van der Waals surface area (Å²) in [5.41, 5.74) is 0.909. The molecule has 0 fully saturated rings. The molecule has 18 heavy (non-hydrogen) atoms. The maximum atomic E-state index is 11.8. The van der Waals surface area contributed by atoms with E-state index >= 15 is 0 Å². The summed E-state index contributed by atoms with van der Waals surface area (Å²) in [5.74, 6) is 1.45. The highest BCUT2D eigenvalue weighted by Crippen LogP contribution is 2.26. The number of amides is 1. The van der Waals surface area contributed by atoms with Gasteiger partial charge < -0.3 is 10.1 Å². The zero-order valence-electron chi connectivity index (χ0n) is 11.3. The van der Waals surface area contributed by atoms with Crippen molar-refractivity contribution in [3.8, 4) is 5.75 Å². The second-order valence-corrected chi connectivity index (χ2v) is 5.95. The summed E-state index contributed by atoms with van der Waals surface area (Å²) in [6, 6.07) is 8.10. The monoisotopic (exact) mass is 247 g/mol. The Labute approximate surface area is 109 Å². The van der Waals surface area contributed by atoms with Crippen molar-refractivity contribution in [1.29, 1.82) is 0 Å². The normalized spacial score (nSPS) is 18.7. The first-order valence-electron chi connectivity index (χ1n) is 6.46. The van der Waals surface area contributed by atoms with Crippen LogP contribution in [0.2, 0.25) is 0 Å². The molecule has 1 atom stereocenters. The maximum Gasteiger partial charge on any atom is 0.225 e. The smallest absolute Gasteiger partial charge is 0.225 e. The van der Waals surface area contributed by atoms with Gasteiger partial charge in [0.15, 0.2) is 0 Å². The molecule has 98 valence electrons. The van der Waals surface area contributed by atoms with E-state index in [2.05, 4.69) is 11.4 Å². The van der Waals surface area contributed by atoms with E-state index < -0.39 is 0 Å². The van der Waals surface area contributed by atoms with Crippen molar-refractivity contribution in [2.24, 2.45) is 11.3 Å². The van der Waals surface area contributed by atoms with Crippen molar-refractivity contribution in [3.63, 3.8) is 0 Å². The lowest BCUT2D eigenvalue weighted by Crippen LogP contribution is -2.40. The molecule has 0 radical (unpaired) electrons. The van der Waals surface area contributed by atoms with Gasteiger partial charge in [0.25, 0.3) is 0 Å². The molecule has 1 aromatic rings. The van der Waals surface area contributed by atoms with Crippen LogP contribution < -0.4 is 10.1 Å². The zero-order chi connectivity index (χ0) is 13.2. The molecule has 1 aromatic carbocycles. The second-order valence-electron chi connectivity index (χ2n) is 5.95. The van der Waals surface area contributed by atoms with Crippen molar-refractivity contribution in [2.45, 2.75) is 27.2 Å². The first-order valence-corrected chi connectivity index (χ1v) is 6.46. The van der Waals surface area contributed by atoms with E-state index in [1.54, 1.807) is 0 Å². The molecule has 0 aromatic heterocycles. The molecule has 0 spiro atoms. The minimum Gasteiger partial charge on any atom is -0.493 e. The van der Waals surface area contributed by atoms with Crippen LogP contribution in [0.15, 0.2) is 24.3 Å². The highest BCUT2D eigenvalue weighted by molar-refractivity contribution is 5.81. The molecule has 3 nitrogen and oxygen atoms in total. The van der Waals surface area contributed by atoms with Gasteiger partial charge >= 0.3 is 0 Å². The fourth-order valence-electron chi connectivity index (χ4n) is 2.02. The molecule has 1 N–H and O–H groups in total. The van der Waals surface area contributed by atoms with Crippen molar-refractivity contribution < 1.29 is 9.53 Å². The van der Waals surface area contributed by atoms with Crippen LogP contribution in [-0.4, -0.2) is 19.1 Å². The van der Waals surface area contributed by atoms with Gasteiger partial charge in [-0.05, 0) is 18.1 Å². The average molecular weight is 247 g/mol. The van der Waals surface area contributed by atoms with Gasteiger partial charge in [-0.3, -0.25) is 4.79 Å². The van der Waals surface area contributed by atoms with Gasteiger partial charge in [-0.2, -0.15) is 0 Å². The van der Waals surface area contributed by atoms with Crippen LogP contribution in [-0.2, 0) is 11.2 Å². The standard InChI is InChI=1S/C15H21NO2/c1-15(2,3)14(17)16-9-11-8-12-6-4-5-7-13(12)18-10-11/h4-7,11H,8-10H2,1-3H3,(H,16,17). The molecular weight excluding hydrogens is 226 g/mol. The number of benzene rings is 1. The van der Waals surface area contributed by atoms with Gasteiger partial charge in [0.05, 0.1) is 6.61 Å². The first-order chi connectivity index (χ1) is 8.47. The highest BCUT2D eigenvalue weighted by atomic mass is 16.5. The number of para-hydroxylation sites is 1. The van der Waals surface area contributed by atoms with Crippen LogP contribution in [0.5, 0.6) is 5.75 Å². The number of nitrogens with one attached hydrogen (secondary N) is 1. The van der Waals surface area contributed by atoms with Crippen LogP contribution >= 0.6 is 0 Å². The van der Waals surface area contributed by atoms with Crippen LogP contribution in [0.25, 0.3) is 0 Å². The highest BCUT2D eigenvalue weighted by Gasteiger charge is 2.24. The van der Waals surface area contributed by atoms with Crippen molar-refractivity contribution in [1.82, 2.24) is 5.32 Å². The van der Waals surface area contributed by atoms with Gasteiger partial charge in [-0.1, -0.05) is 39.0 Å². The molecule has 1 amide bonds. The molecule has 1 heterocycles. The average Bonchev–Trinajstić information content (AvgIpc) is 2.34. The summed E-state index contributed by atoms with van der Waals surface area (Å²) in [7, 11) is 0. The first kappa shape index (κ1) is 12.9. The molecule has 1 unspecified atom stereocenters. The van der Waals surface area contributed by atoms with Crippen LogP contribution in [0, 0.1) is 11.3 Å². The number of carbonyl (C=O) groups is 1. The third-order valence-electron chi connectivity index (χ3n) is 3.19. The van der Waals surface area contributed by atoms with E-state index in [9.17, 15) is 4.79 Å². The summed E-state index contributed by atoms with van der Waals surface area (Å²) in [6.45, 7) is 7.14.